The van der Waals surface area contributed by atoms with Crippen LogP contribution in [0.2, 0.25) is 0 Å². The molecule has 0 aliphatic rings. The predicted octanol–water partition coefficient (Wildman–Crippen LogP) is 9.45. The molecule has 0 heterocycles. The molecule has 2 unspecified atom stereocenters. The van der Waals surface area contributed by atoms with Gasteiger partial charge in [-0.05, 0) is 51.4 Å². The minimum Gasteiger partial charge on any atom is -0.394 e. The molecule has 4 heteroatoms. The molecule has 40 heavy (non-hydrogen) atoms. The molecule has 0 rings (SSSR count). The fourth-order valence-electron chi connectivity index (χ4n) is 4.51. The number of hydrogen-bond acceptors (Lipinski definition) is 3. The number of amides is 1. The number of hydrogen-bond donors (Lipinski definition) is 3. The van der Waals surface area contributed by atoms with E-state index in [1.165, 1.54) is 57.8 Å². The number of nitrogens with one attached hydrogen (secondary N) is 1. The minimum absolute atomic E-state index is 0.0932. The number of aliphatic hydroxyl groups is 2. The van der Waals surface area contributed by atoms with Gasteiger partial charge in [-0.25, -0.2) is 0 Å². The quantitative estimate of drug-likeness (QED) is 0.0663. The summed E-state index contributed by atoms with van der Waals surface area (Å²) in [6.45, 7) is 4.18. The molecule has 0 radical (unpaired) electrons. The van der Waals surface area contributed by atoms with Gasteiger partial charge in [0, 0.05) is 6.42 Å². The van der Waals surface area contributed by atoms with Crippen LogP contribution >= 0.6 is 0 Å². The maximum atomic E-state index is 12.3. The third-order valence-electron chi connectivity index (χ3n) is 7.04. The fraction of sp³-hybridized carbons (Fsp3) is 0.694. The van der Waals surface area contributed by atoms with Gasteiger partial charge < -0.3 is 15.5 Å². The first-order chi connectivity index (χ1) is 19.7. The number of unbranched alkanes of at least 4 members (excludes halogenated alkanes) is 11. The average molecular weight is 558 g/mol. The summed E-state index contributed by atoms with van der Waals surface area (Å²) in [6.07, 6.45) is 42.7. The highest BCUT2D eigenvalue weighted by atomic mass is 16.3. The summed E-state index contributed by atoms with van der Waals surface area (Å²) in [4.78, 5) is 12.3. The van der Waals surface area contributed by atoms with Crippen LogP contribution in [0.5, 0.6) is 0 Å². The lowest BCUT2D eigenvalue weighted by molar-refractivity contribution is -0.123. The third-order valence-corrected chi connectivity index (χ3v) is 7.04. The highest BCUT2D eigenvalue weighted by molar-refractivity contribution is 5.76. The monoisotopic (exact) mass is 557 g/mol. The second-order valence-corrected chi connectivity index (χ2v) is 10.8. The van der Waals surface area contributed by atoms with Crippen LogP contribution in [0.1, 0.15) is 142 Å². The highest BCUT2D eigenvalue weighted by Crippen LogP contribution is 2.13. The fourth-order valence-corrected chi connectivity index (χ4v) is 4.51. The van der Waals surface area contributed by atoms with Crippen molar-refractivity contribution in [2.45, 2.75) is 154 Å². The molecular formula is C36H63NO3. The Kier molecular flexibility index (Phi) is 30.1. The molecule has 4 nitrogen and oxygen atoms in total. The molecule has 230 valence electrons. The molecule has 0 aliphatic heterocycles. The maximum Gasteiger partial charge on any atom is 0.220 e. The van der Waals surface area contributed by atoms with Gasteiger partial charge in [0.2, 0.25) is 5.91 Å². The number of carbonyl (C=O) groups excluding carboxylic acids is 1. The van der Waals surface area contributed by atoms with Crippen LogP contribution in [-0.4, -0.2) is 34.9 Å². The van der Waals surface area contributed by atoms with E-state index in [0.717, 1.165) is 57.8 Å². The van der Waals surface area contributed by atoms with Crippen molar-refractivity contribution < 1.29 is 15.0 Å². The third kappa shape index (κ3) is 27.6. The van der Waals surface area contributed by atoms with Crippen molar-refractivity contribution in [3.8, 4) is 0 Å². The molecule has 0 aliphatic carbocycles. The van der Waals surface area contributed by atoms with E-state index in [1.54, 1.807) is 0 Å². The summed E-state index contributed by atoms with van der Waals surface area (Å²) in [5.41, 5.74) is 0. The molecule has 0 aromatic rings. The van der Waals surface area contributed by atoms with Gasteiger partial charge in [0.1, 0.15) is 0 Å². The largest absolute Gasteiger partial charge is 0.394 e. The Bertz CT molecular complexity index is 692. The summed E-state index contributed by atoms with van der Waals surface area (Å²) in [5.74, 6) is -0.0932. The SMILES string of the molecule is CC/C=C\C/C=C\C/C=C\C/C=C\C/C=C\CCCC(=O)NC(CO)C(O)CCCCCCCCCCCCC. The lowest BCUT2D eigenvalue weighted by atomic mass is 10.0. The zero-order valence-electron chi connectivity index (χ0n) is 26.1. The Balaban J connectivity index is 3.76. The van der Waals surface area contributed by atoms with Gasteiger partial charge in [-0.15, -0.1) is 0 Å². The van der Waals surface area contributed by atoms with Crippen LogP contribution in [0.3, 0.4) is 0 Å². The van der Waals surface area contributed by atoms with Crippen molar-refractivity contribution in [3.05, 3.63) is 60.8 Å². The Morgan fingerprint density at radius 1 is 0.625 bits per heavy atom. The molecule has 0 aromatic carbocycles. The summed E-state index contributed by atoms with van der Waals surface area (Å²) >= 11 is 0. The van der Waals surface area contributed by atoms with Gasteiger partial charge in [-0.2, -0.15) is 0 Å². The summed E-state index contributed by atoms with van der Waals surface area (Å²) in [7, 11) is 0. The Hall–Kier alpha value is -1.91. The summed E-state index contributed by atoms with van der Waals surface area (Å²) in [6, 6.07) is -0.565. The zero-order valence-corrected chi connectivity index (χ0v) is 26.1. The van der Waals surface area contributed by atoms with E-state index in [4.69, 9.17) is 0 Å². The lowest BCUT2D eigenvalue weighted by Gasteiger charge is -2.22. The van der Waals surface area contributed by atoms with Gasteiger partial charge in [0.25, 0.3) is 0 Å². The first-order valence-corrected chi connectivity index (χ1v) is 16.5. The van der Waals surface area contributed by atoms with Crippen LogP contribution in [0.15, 0.2) is 60.8 Å². The number of carbonyl (C=O) groups is 1. The Morgan fingerprint density at radius 3 is 1.55 bits per heavy atom. The van der Waals surface area contributed by atoms with Crippen molar-refractivity contribution in [1.29, 1.82) is 0 Å². The van der Waals surface area contributed by atoms with Gasteiger partial charge in [-0.3, -0.25) is 4.79 Å². The van der Waals surface area contributed by atoms with E-state index in [0.29, 0.717) is 12.8 Å². The maximum absolute atomic E-state index is 12.3. The van der Waals surface area contributed by atoms with Crippen LogP contribution in [0.4, 0.5) is 0 Å². The van der Waals surface area contributed by atoms with E-state index < -0.39 is 12.1 Å². The van der Waals surface area contributed by atoms with E-state index in [2.05, 4.69) is 79.9 Å². The standard InChI is InChI=1S/C36H63NO3/c1-3-5-7-9-11-13-15-16-17-18-19-20-22-24-26-28-30-32-36(40)37-34(33-38)35(39)31-29-27-25-23-21-14-12-10-8-6-4-2/h5,7,11,13,16-17,19-20,24,26,34-35,38-39H,3-4,6,8-10,12,14-15,18,21-23,25,27-33H2,1-2H3,(H,37,40)/b7-5-,13-11-,17-16-,20-19-,26-24-. The smallest absolute Gasteiger partial charge is 0.220 e. The van der Waals surface area contributed by atoms with Gasteiger partial charge >= 0.3 is 0 Å². The second kappa shape index (κ2) is 31.6. The first-order valence-electron chi connectivity index (χ1n) is 16.5. The summed E-state index contributed by atoms with van der Waals surface area (Å²) < 4.78 is 0. The normalized spacial score (nSPS) is 14.0. The van der Waals surface area contributed by atoms with Gasteiger partial charge in [0.05, 0.1) is 18.8 Å². The van der Waals surface area contributed by atoms with Crippen LogP contribution in [0.25, 0.3) is 0 Å². The molecule has 2 atom stereocenters. The van der Waals surface area contributed by atoms with Crippen molar-refractivity contribution in [1.82, 2.24) is 5.32 Å². The molecule has 0 spiro atoms. The Labute approximate surface area is 247 Å². The van der Waals surface area contributed by atoms with E-state index in [-0.39, 0.29) is 12.5 Å². The van der Waals surface area contributed by atoms with Crippen LogP contribution < -0.4 is 5.32 Å². The number of rotatable bonds is 28. The molecular weight excluding hydrogens is 494 g/mol. The average Bonchev–Trinajstić information content (AvgIpc) is 2.96. The lowest BCUT2D eigenvalue weighted by Crippen LogP contribution is -2.45. The van der Waals surface area contributed by atoms with Gasteiger partial charge in [0.15, 0.2) is 0 Å². The van der Waals surface area contributed by atoms with Crippen molar-refractivity contribution in [2.24, 2.45) is 0 Å². The van der Waals surface area contributed by atoms with Crippen LogP contribution in [-0.2, 0) is 4.79 Å². The number of aliphatic hydroxyl groups excluding tert-OH is 2. The molecule has 0 saturated carbocycles. The van der Waals surface area contributed by atoms with Crippen molar-refractivity contribution in [3.63, 3.8) is 0 Å². The predicted molar refractivity (Wildman–Crippen MR) is 174 cm³/mol. The van der Waals surface area contributed by atoms with E-state index in [1.807, 2.05) is 0 Å². The minimum atomic E-state index is -0.682. The molecule has 0 aromatic heterocycles. The molecule has 3 N–H and O–H groups in total. The molecule has 0 fully saturated rings. The van der Waals surface area contributed by atoms with E-state index >= 15 is 0 Å². The highest BCUT2D eigenvalue weighted by Gasteiger charge is 2.19. The number of allylic oxidation sites excluding steroid dienone is 10. The van der Waals surface area contributed by atoms with Crippen LogP contribution in [0, 0.1) is 0 Å². The Morgan fingerprint density at radius 2 is 1.07 bits per heavy atom. The molecule has 0 saturated heterocycles. The van der Waals surface area contributed by atoms with Gasteiger partial charge in [-0.1, -0.05) is 145 Å². The summed E-state index contributed by atoms with van der Waals surface area (Å²) in [5, 5.41) is 22.9. The first kappa shape index (κ1) is 38.1. The van der Waals surface area contributed by atoms with Crippen molar-refractivity contribution >= 4 is 5.91 Å². The van der Waals surface area contributed by atoms with Crippen molar-refractivity contribution in [2.75, 3.05) is 6.61 Å². The van der Waals surface area contributed by atoms with E-state index in [9.17, 15) is 15.0 Å². The second-order valence-electron chi connectivity index (χ2n) is 10.8. The molecule has 0 bridgehead atoms. The zero-order chi connectivity index (χ0) is 29.4. The molecule has 1 amide bonds. The topological polar surface area (TPSA) is 69.6 Å².